The van der Waals surface area contributed by atoms with Crippen LogP contribution in [-0.4, -0.2) is 49.6 Å². The lowest BCUT2D eigenvalue weighted by Crippen LogP contribution is -2.30. The Bertz CT molecular complexity index is 997. The maximum absolute atomic E-state index is 12.3. The molecule has 1 aliphatic heterocycles. The number of nitrogens with one attached hydrogen (secondary N) is 1. The van der Waals surface area contributed by atoms with Crippen molar-refractivity contribution in [1.29, 1.82) is 0 Å². The number of likely N-dealkylation sites (tertiary alicyclic amines) is 1. The van der Waals surface area contributed by atoms with Crippen molar-refractivity contribution in [2.45, 2.75) is 37.9 Å². The Morgan fingerprint density at radius 3 is 2.67 bits per heavy atom. The Hall–Kier alpha value is -2.36. The van der Waals surface area contributed by atoms with Crippen LogP contribution in [0, 0.1) is 6.92 Å². The summed E-state index contributed by atoms with van der Waals surface area (Å²) in [4.78, 5) is 14.7. The van der Waals surface area contributed by atoms with Gasteiger partial charge in [0.1, 0.15) is 5.76 Å². The molecule has 30 heavy (non-hydrogen) atoms. The Kier molecular flexibility index (Phi) is 6.71. The molecule has 1 aliphatic rings. The Morgan fingerprint density at radius 2 is 1.97 bits per heavy atom. The highest BCUT2D eigenvalue weighted by Gasteiger charge is 2.19. The molecule has 3 heterocycles. The van der Waals surface area contributed by atoms with Crippen LogP contribution in [0.25, 0.3) is 5.69 Å². The van der Waals surface area contributed by atoms with Gasteiger partial charge in [0.25, 0.3) is 0 Å². The van der Waals surface area contributed by atoms with E-state index in [-0.39, 0.29) is 11.7 Å². The van der Waals surface area contributed by atoms with Crippen LogP contribution < -0.4 is 5.32 Å². The Morgan fingerprint density at radius 1 is 1.20 bits per heavy atom. The number of benzene rings is 1. The van der Waals surface area contributed by atoms with E-state index in [0.717, 1.165) is 31.1 Å². The minimum absolute atomic E-state index is 0.182. The highest BCUT2D eigenvalue weighted by atomic mass is 35.5. The van der Waals surface area contributed by atoms with E-state index in [0.29, 0.717) is 21.8 Å². The molecule has 3 aromatic rings. The third-order valence-electron chi connectivity index (χ3n) is 4.83. The summed E-state index contributed by atoms with van der Waals surface area (Å²) in [6.07, 6.45) is 3.69. The molecule has 0 aliphatic carbocycles. The van der Waals surface area contributed by atoms with E-state index in [1.165, 1.54) is 31.0 Å². The third kappa shape index (κ3) is 5.21. The summed E-state index contributed by atoms with van der Waals surface area (Å²) in [6.45, 7) is 4.63. The first-order valence-electron chi connectivity index (χ1n) is 9.87. The molecule has 0 atom stereocenters. The number of amides is 1. The largest absolute Gasteiger partial charge is 0.360 e. The molecule has 0 unspecified atom stereocenters. The van der Waals surface area contributed by atoms with Gasteiger partial charge >= 0.3 is 0 Å². The van der Waals surface area contributed by atoms with Gasteiger partial charge in [0.2, 0.25) is 5.91 Å². The second-order valence-corrected chi connectivity index (χ2v) is 8.59. The Balaban J connectivity index is 1.51. The highest BCUT2D eigenvalue weighted by molar-refractivity contribution is 7.99. The molecule has 10 heteroatoms. The number of rotatable bonds is 7. The van der Waals surface area contributed by atoms with Gasteiger partial charge in [-0.25, -0.2) is 0 Å². The summed E-state index contributed by atoms with van der Waals surface area (Å²) >= 11 is 7.40. The van der Waals surface area contributed by atoms with Crippen molar-refractivity contribution in [3.8, 4) is 5.69 Å². The summed E-state index contributed by atoms with van der Waals surface area (Å²) in [5.74, 6) is 1.90. The van der Waals surface area contributed by atoms with E-state index in [2.05, 4.69) is 25.6 Å². The lowest BCUT2D eigenvalue weighted by Gasteiger charge is -2.26. The third-order valence-corrected chi connectivity index (χ3v) is 6.01. The number of anilines is 1. The molecule has 0 saturated carbocycles. The minimum atomic E-state index is -0.184. The molecule has 158 valence electrons. The monoisotopic (exact) mass is 446 g/mol. The van der Waals surface area contributed by atoms with Crippen molar-refractivity contribution in [3.63, 3.8) is 0 Å². The number of carbonyl (C=O) groups excluding carboxylic acids is 1. The van der Waals surface area contributed by atoms with Gasteiger partial charge in [-0.1, -0.05) is 34.9 Å². The molecule has 1 aromatic carbocycles. The standard InChI is InChI=1S/C20H23ClN6O2S/c1-14-11-17(25-29-14)22-19(28)13-30-20-24-23-18(12-26-9-3-2-4-10-26)27(20)16-7-5-15(21)6-8-16/h5-8,11H,2-4,9-10,12-13H2,1H3,(H,22,25,28). The van der Waals surface area contributed by atoms with Crippen LogP contribution in [0.3, 0.4) is 0 Å². The average Bonchev–Trinajstić information content (AvgIpc) is 3.33. The zero-order chi connectivity index (χ0) is 20.9. The predicted molar refractivity (Wildman–Crippen MR) is 116 cm³/mol. The van der Waals surface area contributed by atoms with Gasteiger partial charge in [-0.3, -0.25) is 14.3 Å². The first-order chi connectivity index (χ1) is 14.6. The van der Waals surface area contributed by atoms with Gasteiger partial charge in [-0.2, -0.15) is 0 Å². The molecule has 0 radical (unpaired) electrons. The fraction of sp³-hybridized carbons (Fsp3) is 0.400. The van der Waals surface area contributed by atoms with Gasteiger partial charge in [0.15, 0.2) is 16.8 Å². The number of hydrogen-bond acceptors (Lipinski definition) is 7. The number of halogens is 1. The molecule has 2 aromatic heterocycles. The van der Waals surface area contributed by atoms with E-state index >= 15 is 0 Å². The number of aryl methyl sites for hydroxylation is 1. The molecule has 1 saturated heterocycles. The highest BCUT2D eigenvalue weighted by Crippen LogP contribution is 2.25. The van der Waals surface area contributed by atoms with Gasteiger partial charge in [0.05, 0.1) is 12.3 Å². The zero-order valence-corrected chi connectivity index (χ0v) is 18.2. The normalized spacial score (nSPS) is 14.7. The fourth-order valence-electron chi connectivity index (χ4n) is 3.40. The topological polar surface area (TPSA) is 89.1 Å². The SMILES string of the molecule is Cc1cc(NC(=O)CSc2nnc(CN3CCCCC3)n2-c2ccc(Cl)cc2)no1. The molecule has 1 N–H and O–H groups in total. The van der Waals surface area contributed by atoms with Crippen molar-refractivity contribution in [2.24, 2.45) is 0 Å². The summed E-state index contributed by atoms with van der Waals surface area (Å²) in [5, 5.41) is 16.6. The van der Waals surface area contributed by atoms with Gasteiger partial charge in [-0.05, 0) is 57.1 Å². The lowest BCUT2D eigenvalue weighted by molar-refractivity contribution is -0.113. The first-order valence-corrected chi connectivity index (χ1v) is 11.2. The maximum atomic E-state index is 12.3. The van der Waals surface area contributed by atoms with E-state index in [1.807, 2.05) is 28.8 Å². The van der Waals surface area contributed by atoms with E-state index in [4.69, 9.17) is 16.1 Å². The van der Waals surface area contributed by atoms with E-state index in [9.17, 15) is 4.79 Å². The molecule has 4 rings (SSSR count). The van der Waals surface area contributed by atoms with Crippen molar-refractivity contribution >= 4 is 35.1 Å². The summed E-state index contributed by atoms with van der Waals surface area (Å²) in [7, 11) is 0. The van der Waals surface area contributed by atoms with Crippen LogP contribution in [0.5, 0.6) is 0 Å². The molecule has 8 nitrogen and oxygen atoms in total. The average molecular weight is 447 g/mol. The summed E-state index contributed by atoms with van der Waals surface area (Å²) in [5.41, 5.74) is 0.923. The lowest BCUT2D eigenvalue weighted by atomic mass is 10.1. The number of piperidine rings is 1. The van der Waals surface area contributed by atoms with Crippen LogP contribution in [-0.2, 0) is 11.3 Å². The van der Waals surface area contributed by atoms with Crippen LogP contribution in [0.2, 0.25) is 5.02 Å². The van der Waals surface area contributed by atoms with Crippen molar-refractivity contribution in [2.75, 3.05) is 24.2 Å². The van der Waals surface area contributed by atoms with Crippen molar-refractivity contribution < 1.29 is 9.32 Å². The predicted octanol–water partition coefficient (Wildman–Crippen LogP) is 3.93. The van der Waals surface area contributed by atoms with Crippen LogP contribution in [0.15, 0.2) is 40.0 Å². The number of thioether (sulfide) groups is 1. The molecular formula is C20H23ClN6O2S. The molecule has 0 spiro atoms. The second kappa shape index (κ2) is 9.63. The van der Waals surface area contributed by atoms with Crippen LogP contribution >= 0.6 is 23.4 Å². The number of aromatic nitrogens is 4. The smallest absolute Gasteiger partial charge is 0.236 e. The van der Waals surface area contributed by atoms with Crippen molar-refractivity contribution in [3.05, 3.63) is 46.9 Å². The Labute approximate surface area is 184 Å². The number of carbonyl (C=O) groups is 1. The van der Waals surface area contributed by atoms with Crippen LogP contribution in [0.4, 0.5) is 5.82 Å². The van der Waals surface area contributed by atoms with Crippen molar-refractivity contribution in [1.82, 2.24) is 24.8 Å². The van der Waals surface area contributed by atoms with Gasteiger partial charge < -0.3 is 9.84 Å². The molecule has 1 amide bonds. The number of nitrogens with zero attached hydrogens (tertiary/aromatic N) is 5. The quantitative estimate of drug-likeness (QED) is 0.550. The molecule has 0 bridgehead atoms. The number of hydrogen-bond donors (Lipinski definition) is 1. The van der Waals surface area contributed by atoms with Gasteiger partial charge in [0, 0.05) is 16.8 Å². The second-order valence-electron chi connectivity index (χ2n) is 7.21. The van der Waals surface area contributed by atoms with E-state index < -0.39 is 0 Å². The first kappa shape index (κ1) is 20.9. The molecule has 1 fully saturated rings. The molecular weight excluding hydrogens is 424 g/mol. The minimum Gasteiger partial charge on any atom is -0.360 e. The van der Waals surface area contributed by atoms with E-state index in [1.54, 1.807) is 13.0 Å². The van der Waals surface area contributed by atoms with Crippen LogP contribution in [0.1, 0.15) is 30.8 Å². The van der Waals surface area contributed by atoms with Gasteiger partial charge in [-0.15, -0.1) is 10.2 Å². The maximum Gasteiger partial charge on any atom is 0.236 e. The summed E-state index contributed by atoms with van der Waals surface area (Å²) in [6, 6.07) is 9.24. The summed E-state index contributed by atoms with van der Waals surface area (Å²) < 4.78 is 6.98. The zero-order valence-electron chi connectivity index (χ0n) is 16.7. The fourth-order valence-corrected chi connectivity index (χ4v) is 4.29.